The minimum absolute atomic E-state index is 0.185. The molecule has 2 heterocycles. The fourth-order valence-electron chi connectivity index (χ4n) is 1.75. The number of amides is 1. The third-order valence-corrected chi connectivity index (χ3v) is 2.38. The van der Waals surface area contributed by atoms with Crippen LogP contribution in [0.25, 0.3) is 0 Å². The van der Waals surface area contributed by atoms with Gasteiger partial charge in [-0.3, -0.25) is 9.79 Å². The summed E-state index contributed by atoms with van der Waals surface area (Å²) in [6.45, 7) is 3.26. The Morgan fingerprint density at radius 3 is 3.18 bits per heavy atom. The normalized spacial score (nSPS) is 28.6. The lowest BCUT2D eigenvalue weighted by molar-refractivity contribution is -0.128. The van der Waals surface area contributed by atoms with E-state index in [0.717, 1.165) is 25.9 Å². The van der Waals surface area contributed by atoms with E-state index in [-0.39, 0.29) is 5.91 Å². The molecule has 1 amide bonds. The lowest BCUT2D eigenvalue weighted by atomic mass is 10.2. The standard InChI is InChI=1S/C8H12N2O/c1-6(11)10-4-7-2-3-8(5-10)9-7/h7H,2-5H2,1H3/t7-/m0/s1. The highest BCUT2D eigenvalue weighted by Gasteiger charge is 2.27. The monoisotopic (exact) mass is 152 g/mol. The highest BCUT2D eigenvalue weighted by molar-refractivity contribution is 5.92. The molecule has 3 nitrogen and oxygen atoms in total. The lowest BCUT2D eigenvalue weighted by Crippen LogP contribution is -2.39. The van der Waals surface area contributed by atoms with Crippen LogP contribution in [0.3, 0.4) is 0 Å². The van der Waals surface area contributed by atoms with Crippen molar-refractivity contribution in [3.8, 4) is 0 Å². The van der Waals surface area contributed by atoms with E-state index in [4.69, 9.17) is 0 Å². The summed E-state index contributed by atoms with van der Waals surface area (Å²) in [6, 6.07) is 0.419. The Labute approximate surface area is 66.1 Å². The number of fused-ring (bicyclic) bond motifs is 1. The molecule has 0 aliphatic carbocycles. The first kappa shape index (κ1) is 6.83. The van der Waals surface area contributed by atoms with Gasteiger partial charge in [-0.05, 0) is 12.8 Å². The molecule has 1 atom stereocenters. The molecule has 2 aliphatic heterocycles. The lowest BCUT2D eigenvalue weighted by Gasteiger charge is -2.25. The number of aliphatic imine (C=N–C) groups is 1. The smallest absolute Gasteiger partial charge is 0.219 e. The van der Waals surface area contributed by atoms with Crippen molar-refractivity contribution in [3.05, 3.63) is 0 Å². The molecule has 0 fully saturated rings. The van der Waals surface area contributed by atoms with E-state index >= 15 is 0 Å². The maximum atomic E-state index is 11.0. The van der Waals surface area contributed by atoms with Crippen LogP contribution in [0.15, 0.2) is 4.99 Å². The Morgan fingerprint density at radius 2 is 2.55 bits per heavy atom. The van der Waals surface area contributed by atoms with Crippen LogP contribution in [0.1, 0.15) is 19.8 Å². The Bertz CT molecular complexity index is 222. The highest BCUT2D eigenvalue weighted by Crippen LogP contribution is 2.20. The SMILES string of the molecule is CC(=O)N1CC2=N[C@@H](CC2)C1. The average molecular weight is 152 g/mol. The predicted octanol–water partition coefficient (Wildman–Crippen LogP) is 0.452. The molecule has 2 rings (SSSR count). The fourth-order valence-corrected chi connectivity index (χ4v) is 1.75. The second-order valence-corrected chi connectivity index (χ2v) is 3.29. The van der Waals surface area contributed by atoms with E-state index in [1.54, 1.807) is 6.92 Å². The third-order valence-electron chi connectivity index (χ3n) is 2.38. The van der Waals surface area contributed by atoms with Crippen molar-refractivity contribution in [2.24, 2.45) is 4.99 Å². The van der Waals surface area contributed by atoms with Crippen molar-refractivity contribution in [1.82, 2.24) is 4.90 Å². The number of rotatable bonds is 0. The molecule has 0 radical (unpaired) electrons. The van der Waals surface area contributed by atoms with E-state index < -0.39 is 0 Å². The quantitative estimate of drug-likeness (QED) is 0.496. The highest BCUT2D eigenvalue weighted by atomic mass is 16.2. The summed E-state index contributed by atoms with van der Waals surface area (Å²) in [5, 5.41) is 0. The van der Waals surface area contributed by atoms with Gasteiger partial charge < -0.3 is 4.90 Å². The summed E-state index contributed by atoms with van der Waals surface area (Å²) in [5.41, 5.74) is 1.22. The van der Waals surface area contributed by atoms with Crippen LogP contribution in [0.5, 0.6) is 0 Å². The minimum atomic E-state index is 0.185. The van der Waals surface area contributed by atoms with Crippen molar-refractivity contribution >= 4 is 11.6 Å². The van der Waals surface area contributed by atoms with Crippen molar-refractivity contribution in [2.75, 3.05) is 13.1 Å². The third kappa shape index (κ3) is 1.15. The first-order valence-electron chi connectivity index (χ1n) is 4.07. The summed E-state index contributed by atoms with van der Waals surface area (Å²) in [7, 11) is 0. The summed E-state index contributed by atoms with van der Waals surface area (Å²) in [6.07, 6.45) is 2.26. The Kier molecular flexibility index (Phi) is 1.44. The molecule has 3 heteroatoms. The summed E-state index contributed by atoms with van der Waals surface area (Å²) in [4.78, 5) is 17.3. The zero-order chi connectivity index (χ0) is 7.84. The number of likely N-dealkylation sites (tertiary alicyclic amines) is 1. The van der Waals surface area contributed by atoms with Gasteiger partial charge in [0.15, 0.2) is 0 Å². The van der Waals surface area contributed by atoms with Gasteiger partial charge in [-0.25, -0.2) is 0 Å². The second-order valence-electron chi connectivity index (χ2n) is 3.29. The Balaban J connectivity index is 2.11. The topological polar surface area (TPSA) is 32.7 Å². The average Bonchev–Trinajstić information content (AvgIpc) is 2.30. The van der Waals surface area contributed by atoms with Crippen LogP contribution in [0.4, 0.5) is 0 Å². The van der Waals surface area contributed by atoms with Crippen LogP contribution in [-0.2, 0) is 4.79 Å². The van der Waals surface area contributed by atoms with Crippen LogP contribution in [-0.4, -0.2) is 35.7 Å². The van der Waals surface area contributed by atoms with Gasteiger partial charge >= 0.3 is 0 Å². The summed E-state index contributed by atoms with van der Waals surface area (Å²) < 4.78 is 0. The number of carbonyl (C=O) groups excluding carboxylic acids is 1. The van der Waals surface area contributed by atoms with Gasteiger partial charge in [-0.1, -0.05) is 0 Å². The fraction of sp³-hybridized carbons (Fsp3) is 0.750. The molecule has 0 spiro atoms. The maximum absolute atomic E-state index is 11.0. The molecule has 0 saturated carbocycles. The zero-order valence-electron chi connectivity index (χ0n) is 6.71. The minimum Gasteiger partial charge on any atom is -0.335 e. The number of nitrogens with zero attached hydrogens (tertiary/aromatic N) is 2. The molecule has 2 bridgehead atoms. The summed E-state index contributed by atoms with van der Waals surface area (Å²) >= 11 is 0. The van der Waals surface area contributed by atoms with E-state index in [1.165, 1.54) is 5.71 Å². The van der Waals surface area contributed by atoms with Crippen LogP contribution >= 0.6 is 0 Å². The van der Waals surface area contributed by atoms with Gasteiger partial charge in [0.2, 0.25) is 5.91 Å². The molecule has 2 aliphatic rings. The first-order valence-corrected chi connectivity index (χ1v) is 4.07. The van der Waals surface area contributed by atoms with Crippen LogP contribution in [0, 0.1) is 0 Å². The number of hydrogen-bond acceptors (Lipinski definition) is 2. The number of hydrogen-bond donors (Lipinski definition) is 0. The van der Waals surface area contributed by atoms with E-state index in [9.17, 15) is 4.79 Å². The van der Waals surface area contributed by atoms with Crippen molar-refractivity contribution in [1.29, 1.82) is 0 Å². The molecular formula is C8H12N2O. The van der Waals surface area contributed by atoms with Gasteiger partial charge in [0.05, 0.1) is 12.6 Å². The van der Waals surface area contributed by atoms with E-state index in [2.05, 4.69) is 4.99 Å². The Morgan fingerprint density at radius 1 is 1.73 bits per heavy atom. The van der Waals surface area contributed by atoms with E-state index in [0.29, 0.717) is 6.04 Å². The largest absolute Gasteiger partial charge is 0.335 e. The van der Waals surface area contributed by atoms with Crippen LogP contribution < -0.4 is 0 Å². The summed E-state index contributed by atoms with van der Waals surface area (Å²) in [5.74, 6) is 0.185. The molecule has 0 N–H and O–H groups in total. The van der Waals surface area contributed by atoms with Crippen molar-refractivity contribution < 1.29 is 4.79 Å². The number of carbonyl (C=O) groups is 1. The maximum Gasteiger partial charge on any atom is 0.219 e. The Hall–Kier alpha value is -0.860. The zero-order valence-corrected chi connectivity index (χ0v) is 6.71. The molecule has 11 heavy (non-hydrogen) atoms. The molecule has 0 aromatic rings. The van der Waals surface area contributed by atoms with Crippen molar-refractivity contribution in [3.63, 3.8) is 0 Å². The molecule has 0 saturated heterocycles. The van der Waals surface area contributed by atoms with Gasteiger partial charge in [-0.15, -0.1) is 0 Å². The molecule has 0 unspecified atom stereocenters. The molecule has 0 aromatic heterocycles. The first-order chi connectivity index (χ1) is 5.25. The molecule has 0 aromatic carbocycles. The molecular weight excluding hydrogens is 140 g/mol. The van der Waals surface area contributed by atoms with Crippen LogP contribution in [0.2, 0.25) is 0 Å². The predicted molar refractivity (Wildman–Crippen MR) is 42.7 cm³/mol. The van der Waals surface area contributed by atoms with Gasteiger partial charge in [0, 0.05) is 19.2 Å². The molecule has 60 valence electrons. The second kappa shape index (κ2) is 2.32. The van der Waals surface area contributed by atoms with Gasteiger partial charge in [0.25, 0.3) is 0 Å². The van der Waals surface area contributed by atoms with Crippen molar-refractivity contribution in [2.45, 2.75) is 25.8 Å². The van der Waals surface area contributed by atoms with Gasteiger partial charge in [0.1, 0.15) is 0 Å². The van der Waals surface area contributed by atoms with E-state index in [1.807, 2.05) is 4.90 Å². The van der Waals surface area contributed by atoms with Gasteiger partial charge in [-0.2, -0.15) is 0 Å².